The number of amides is 1. The van der Waals surface area contributed by atoms with Gasteiger partial charge in [-0.05, 0) is 19.4 Å². The van der Waals surface area contributed by atoms with Crippen LogP contribution in [0.25, 0.3) is 0 Å². The maximum absolute atomic E-state index is 14.7. The van der Waals surface area contributed by atoms with Crippen molar-refractivity contribution in [2.45, 2.75) is 32.4 Å². The maximum atomic E-state index is 14.7. The highest BCUT2D eigenvalue weighted by Crippen LogP contribution is 2.27. The van der Waals surface area contributed by atoms with Crippen molar-refractivity contribution in [2.75, 3.05) is 41.8 Å². The predicted octanol–water partition coefficient (Wildman–Crippen LogP) is 1.97. The van der Waals surface area contributed by atoms with E-state index in [-0.39, 0.29) is 40.8 Å². The molecule has 0 radical (unpaired) electrons. The Balaban J connectivity index is 1.89. The number of carbonyl (C=O) groups excluding carboxylic acids is 1. The van der Waals surface area contributed by atoms with E-state index in [4.69, 9.17) is 16.2 Å². The van der Waals surface area contributed by atoms with Gasteiger partial charge in [-0.2, -0.15) is 0 Å². The van der Waals surface area contributed by atoms with Gasteiger partial charge in [-0.15, -0.1) is 0 Å². The quantitative estimate of drug-likeness (QED) is 0.495. The van der Waals surface area contributed by atoms with Crippen LogP contribution in [0.5, 0.6) is 0 Å². The van der Waals surface area contributed by atoms with E-state index in [9.17, 15) is 13.6 Å². The first-order valence-corrected chi connectivity index (χ1v) is 10.1. The first kappa shape index (κ1) is 22.6. The molecule has 1 fully saturated rings. The van der Waals surface area contributed by atoms with E-state index in [1.807, 2.05) is 6.92 Å². The largest absolute Gasteiger partial charge is 0.378 e. The molecule has 2 aromatic rings. The third-order valence-corrected chi connectivity index (χ3v) is 5.03. The summed E-state index contributed by atoms with van der Waals surface area (Å²) in [5, 5.41) is 5.76. The molecule has 1 aliphatic heterocycles. The van der Waals surface area contributed by atoms with Crippen LogP contribution in [-0.4, -0.2) is 54.3 Å². The van der Waals surface area contributed by atoms with Crippen LogP contribution in [0.3, 0.4) is 0 Å². The lowest BCUT2D eigenvalue weighted by atomic mass is 10.1. The molecule has 9 nitrogen and oxygen atoms in total. The van der Waals surface area contributed by atoms with Gasteiger partial charge in [-0.1, -0.05) is 6.92 Å². The zero-order chi connectivity index (χ0) is 22.5. The molecular weight excluding hydrogens is 408 g/mol. The Bertz CT molecular complexity index is 936. The average molecular weight is 435 g/mol. The number of ether oxygens (including phenoxy) is 1. The van der Waals surface area contributed by atoms with Crippen molar-refractivity contribution in [1.29, 1.82) is 0 Å². The van der Waals surface area contributed by atoms with E-state index in [0.29, 0.717) is 32.7 Å². The second kappa shape index (κ2) is 9.84. The second-order valence-electron chi connectivity index (χ2n) is 7.35. The summed E-state index contributed by atoms with van der Waals surface area (Å²) in [6.45, 7) is 5.77. The number of halogens is 2. The van der Waals surface area contributed by atoms with Crippen molar-refractivity contribution in [3.05, 3.63) is 35.5 Å². The highest BCUT2D eigenvalue weighted by Gasteiger charge is 2.21. The van der Waals surface area contributed by atoms with Crippen LogP contribution in [0.1, 0.15) is 30.6 Å². The van der Waals surface area contributed by atoms with Gasteiger partial charge >= 0.3 is 0 Å². The molecule has 2 aromatic heterocycles. The van der Waals surface area contributed by atoms with Crippen LogP contribution < -0.4 is 27.0 Å². The molecule has 3 heterocycles. The molecule has 3 rings (SSSR count). The van der Waals surface area contributed by atoms with Gasteiger partial charge in [0.05, 0.1) is 30.7 Å². The fourth-order valence-electron chi connectivity index (χ4n) is 3.30. The number of aromatic nitrogens is 2. The van der Waals surface area contributed by atoms with Gasteiger partial charge in [0.25, 0.3) is 5.91 Å². The first-order chi connectivity index (χ1) is 14.8. The Morgan fingerprint density at radius 3 is 2.55 bits per heavy atom. The molecule has 6 N–H and O–H groups in total. The van der Waals surface area contributed by atoms with Gasteiger partial charge in [0, 0.05) is 31.2 Å². The number of morpholine rings is 1. The fourth-order valence-corrected chi connectivity index (χ4v) is 3.30. The minimum atomic E-state index is -0.877. The Labute approximate surface area is 179 Å². The molecule has 0 spiro atoms. The molecule has 0 aliphatic carbocycles. The van der Waals surface area contributed by atoms with E-state index in [0.717, 1.165) is 6.07 Å². The van der Waals surface area contributed by atoms with Crippen molar-refractivity contribution in [3.63, 3.8) is 0 Å². The Kier molecular flexibility index (Phi) is 7.18. The summed E-state index contributed by atoms with van der Waals surface area (Å²) in [6, 6.07) is 1.72. The lowest BCUT2D eigenvalue weighted by molar-refractivity contribution is 0.100. The summed E-state index contributed by atoms with van der Waals surface area (Å²) in [5.74, 6) is -2.06. The number of primary amides is 1. The van der Waals surface area contributed by atoms with Gasteiger partial charge in [0.15, 0.2) is 23.3 Å². The van der Waals surface area contributed by atoms with Crippen LogP contribution in [0, 0.1) is 11.6 Å². The summed E-state index contributed by atoms with van der Waals surface area (Å²) < 4.78 is 34.5. The minimum Gasteiger partial charge on any atom is -0.378 e. The monoisotopic (exact) mass is 435 g/mol. The molecule has 0 saturated carbocycles. The lowest BCUT2D eigenvalue weighted by Crippen LogP contribution is -2.38. The molecule has 1 saturated heterocycles. The van der Waals surface area contributed by atoms with E-state index in [2.05, 4.69) is 20.6 Å². The minimum absolute atomic E-state index is 0.0174. The molecule has 2 atom stereocenters. The number of nitrogens with two attached hydrogens (primary N) is 2. The van der Waals surface area contributed by atoms with Crippen LogP contribution >= 0.6 is 0 Å². The molecular formula is C20H27F2N7O2. The highest BCUT2D eigenvalue weighted by molar-refractivity contribution is 5.98. The van der Waals surface area contributed by atoms with Crippen molar-refractivity contribution in [2.24, 2.45) is 11.5 Å². The second-order valence-corrected chi connectivity index (χ2v) is 7.35. The first-order valence-electron chi connectivity index (χ1n) is 10.1. The summed E-state index contributed by atoms with van der Waals surface area (Å²) in [6.07, 6.45) is 2.05. The summed E-state index contributed by atoms with van der Waals surface area (Å²) in [7, 11) is 0. The number of hydrogen-bond donors (Lipinski definition) is 4. The highest BCUT2D eigenvalue weighted by atomic mass is 19.1. The van der Waals surface area contributed by atoms with E-state index in [1.54, 1.807) is 11.8 Å². The number of nitrogens with one attached hydrogen (secondary N) is 2. The zero-order valence-corrected chi connectivity index (χ0v) is 17.5. The molecule has 1 aliphatic rings. The molecule has 0 unspecified atom stereocenters. The Morgan fingerprint density at radius 1 is 1.26 bits per heavy atom. The Hall–Kier alpha value is -3.05. The molecule has 31 heavy (non-hydrogen) atoms. The number of pyridine rings is 2. The van der Waals surface area contributed by atoms with Crippen molar-refractivity contribution < 1.29 is 18.3 Å². The molecule has 0 aromatic carbocycles. The van der Waals surface area contributed by atoms with Gasteiger partial charge in [0.2, 0.25) is 0 Å². The topological polar surface area (TPSA) is 131 Å². The molecule has 0 bridgehead atoms. The van der Waals surface area contributed by atoms with Crippen LogP contribution in [0.2, 0.25) is 0 Å². The third kappa shape index (κ3) is 5.36. The van der Waals surface area contributed by atoms with Crippen molar-refractivity contribution in [3.8, 4) is 0 Å². The fraction of sp³-hybridized carbons (Fsp3) is 0.450. The number of rotatable bonds is 8. The number of anilines is 4. The Morgan fingerprint density at radius 2 is 1.97 bits per heavy atom. The average Bonchev–Trinajstić information content (AvgIpc) is 2.74. The van der Waals surface area contributed by atoms with Crippen LogP contribution in [-0.2, 0) is 4.74 Å². The van der Waals surface area contributed by atoms with Gasteiger partial charge in [-0.25, -0.2) is 18.7 Å². The molecule has 168 valence electrons. The third-order valence-electron chi connectivity index (χ3n) is 5.03. The SMILES string of the molecule is CC[C@@H](Nc1nc(Nc2cnc(N3CCOCC3)c(F)c2)c(C(N)=O)cc1F)[C@H](C)N. The van der Waals surface area contributed by atoms with Gasteiger partial charge in [0.1, 0.15) is 5.82 Å². The van der Waals surface area contributed by atoms with Crippen molar-refractivity contribution >= 4 is 29.0 Å². The summed E-state index contributed by atoms with van der Waals surface area (Å²) >= 11 is 0. The zero-order valence-electron chi connectivity index (χ0n) is 17.5. The normalized spacial score (nSPS) is 16.0. The summed E-state index contributed by atoms with van der Waals surface area (Å²) in [5.41, 5.74) is 11.4. The van der Waals surface area contributed by atoms with Crippen LogP contribution in [0.4, 0.5) is 31.9 Å². The van der Waals surface area contributed by atoms with Crippen LogP contribution in [0.15, 0.2) is 18.3 Å². The maximum Gasteiger partial charge on any atom is 0.252 e. The molecule has 11 heteroatoms. The number of hydrogen-bond acceptors (Lipinski definition) is 8. The van der Waals surface area contributed by atoms with Gasteiger partial charge < -0.3 is 31.7 Å². The van der Waals surface area contributed by atoms with E-state index >= 15 is 0 Å². The number of nitrogens with zero attached hydrogens (tertiary/aromatic N) is 3. The lowest BCUT2D eigenvalue weighted by Gasteiger charge is -2.28. The predicted molar refractivity (Wildman–Crippen MR) is 115 cm³/mol. The molecule has 1 amide bonds. The van der Waals surface area contributed by atoms with E-state index in [1.165, 1.54) is 12.3 Å². The summed E-state index contributed by atoms with van der Waals surface area (Å²) in [4.78, 5) is 22.0. The van der Waals surface area contributed by atoms with Gasteiger partial charge in [-0.3, -0.25) is 4.79 Å². The van der Waals surface area contributed by atoms with Crippen molar-refractivity contribution in [1.82, 2.24) is 9.97 Å². The van der Waals surface area contributed by atoms with E-state index < -0.39 is 17.5 Å². The smallest absolute Gasteiger partial charge is 0.252 e. The standard InChI is InChI=1S/C20H27F2N7O2/c1-3-16(11(2)23)27-19-14(21)9-13(17(24)30)18(28-19)26-12-8-15(22)20(25-10-12)29-4-6-31-7-5-29/h8-11,16H,3-7,23H2,1-2H3,(H2,24,30)(H2,26,27,28)/t11-,16+/m0/s1. The number of carbonyl (C=O) groups is 1.